The van der Waals surface area contributed by atoms with Gasteiger partial charge in [-0.05, 0) is 43.4 Å². The topological polar surface area (TPSA) is 21.3 Å². The second kappa shape index (κ2) is 5.50. The third-order valence-electron chi connectivity index (χ3n) is 4.24. The van der Waals surface area contributed by atoms with Crippen molar-refractivity contribution in [3.05, 3.63) is 0 Å². The van der Waals surface area contributed by atoms with Crippen molar-refractivity contribution in [2.75, 3.05) is 19.8 Å². The predicted molar refractivity (Wildman–Crippen MR) is 67.6 cm³/mol. The highest BCUT2D eigenvalue weighted by atomic mass is 16.5. The number of hydrogen-bond donors (Lipinski definition) is 1. The highest BCUT2D eigenvalue weighted by molar-refractivity contribution is 4.91. The van der Waals surface area contributed by atoms with Crippen LogP contribution in [0.15, 0.2) is 0 Å². The molecule has 16 heavy (non-hydrogen) atoms. The van der Waals surface area contributed by atoms with E-state index in [1.807, 2.05) is 0 Å². The van der Waals surface area contributed by atoms with Crippen LogP contribution in [0.4, 0.5) is 0 Å². The zero-order valence-corrected chi connectivity index (χ0v) is 10.9. The van der Waals surface area contributed by atoms with Gasteiger partial charge >= 0.3 is 0 Å². The van der Waals surface area contributed by atoms with Gasteiger partial charge in [0.2, 0.25) is 0 Å². The van der Waals surface area contributed by atoms with Crippen LogP contribution in [0.3, 0.4) is 0 Å². The molecular formula is C14H27NO. The van der Waals surface area contributed by atoms with Crippen LogP contribution in [0.5, 0.6) is 0 Å². The molecule has 0 spiro atoms. The molecular weight excluding hydrogens is 198 g/mol. The molecule has 1 saturated heterocycles. The number of hydrogen-bond acceptors (Lipinski definition) is 2. The fraction of sp³-hybridized carbons (Fsp3) is 1.00. The van der Waals surface area contributed by atoms with Crippen molar-refractivity contribution in [3.8, 4) is 0 Å². The fourth-order valence-corrected chi connectivity index (χ4v) is 3.26. The van der Waals surface area contributed by atoms with E-state index >= 15 is 0 Å². The average Bonchev–Trinajstić information content (AvgIpc) is 2.23. The molecule has 0 amide bonds. The van der Waals surface area contributed by atoms with Gasteiger partial charge in [-0.2, -0.15) is 0 Å². The van der Waals surface area contributed by atoms with Crippen LogP contribution in [0.1, 0.15) is 52.4 Å². The maximum Gasteiger partial charge on any atom is 0.0480 e. The highest BCUT2D eigenvalue weighted by Crippen LogP contribution is 2.45. The Balaban J connectivity index is 1.73. The standard InChI is InChI=1S/C14H27NO/c1-12(2)10-14(6-3-7-14)11-15-13-4-8-16-9-5-13/h12-13,15H,3-11H2,1-2H3. The summed E-state index contributed by atoms with van der Waals surface area (Å²) < 4.78 is 5.40. The second-order valence-electron chi connectivity index (χ2n) is 6.22. The molecule has 0 atom stereocenters. The number of rotatable bonds is 5. The van der Waals surface area contributed by atoms with E-state index in [-0.39, 0.29) is 0 Å². The van der Waals surface area contributed by atoms with Crippen LogP contribution >= 0.6 is 0 Å². The summed E-state index contributed by atoms with van der Waals surface area (Å²) in [6, 6.07) is 0.721. The molecule has 1 aliphatic heterocycles. The van der Waals surface area contributed by atoms with Crippen LogP contribution in [0, 0.1) is 11.3 Å². The molecule has 1 N–H and O–H groups in total. The summed E-state index contributed by atoms with van der Waals surface area (Å²) in [6.07, 6.45) is 8.16. The van der Waals surface area contributed by atoms with E-state index in [0.29, 0.717) is 5.41 Å². The fourth-order valence-electron chi connectivity index (χ4n) is 3.26. The molecule has 0 aromatic carbocycles. The van der Waals surface area contributed by atoms with Gasteiger partial charge in [0.15, 0.2) is 0 Å². The summed E-state index contributed by atoms with van der Waals surface area (Å²) in [4.78, 5) is 0. The first-order valence-electron chi connectivity index (χ1n) is 7.01. The smallest absolute Gasteiger partial charge is 0.0480 e. The van der Waals surface area contributed by atoms with Crippen molar-refractivity contribution in [1.29, 1.82) is 0 Å². The normalized spacial score (nSPS) is 25.7. The zero-order chi connectivity index (χ0) is 11.4. The lowest BCUT2D eigenvalue weighted by Crippen LogP contribution is -2.46. The van der Waals surface area contributed by atoms with E-state index in [4.69, 9.17) is 4.74 Å². The largest absolute Gasteiger partial charge is 0.381 e. The minimum atomic E-state index is 0.645. The summed E-state index contributed by atoms with van der Waals surface area (Å²) in [5, 5.41) is 3.79. The van der Waals surface area contributed by atoms with E-state index in [1.54, 1.807) is 0 Å². The van der Waals surface area contributed by atoms with Gasteiger partial charge in [-0.3, -0.25) is 0 Å². The first-order chi connectivity index (χ1) is 7.70. The molecule has 0 bridgehead atoms. The van der Waals surface area contributed by atoms with Crippen LogP contribution in [0.2, 0.25) is 0 Å². The first-order valence-corrected chi connectivity index (χ1v) is 7.01. The van der Waals surface area contributed by atoms with Gasteiger partial charge < -0.3 is 10.1 Å². The predicted octanol–water partition coefficient (Wildman–Crippen LogP) is 2.97. The lowest BCUT2D eigenvalue weighted by molar-refractivity contribution is 0.0575. The van der Waals surface area contributed by atoms with E-state index in [0.717, 1.165) is 25.2 Å². The summed E-state index contributed by atoms with van der Waals surface area (Å²) >= 11 is 0. The molecule has 94 valence electrons. The third kappa shape index (κ3) is 3.21. The van der Waals surface area contributed by atoms with Crippen molar-refractivity contribution in [1.82, 2.24) is 5.32 Å². The Labute approximate surface area is 100 Å². The van der Waals surface area contributed by atoms with E-state index in [2.05, 4.69) is 19.2 Å². The number of ether oxygens (including phenoxy) is 1. The minimum absolute atomic E-state index is 0.645. The maximum absolute atomic E-state index is 5.40. The molecule has 2 heteroatoms. The van der Waals surface area contributed by atoms with Crippen LogP contribution in [0.25, 0.3) is 0 Å². The SMILES string of the molecule is CC(C)CC1(CNC2CCOCC2)CCC1. The molecule has 0 radical (unpaired) electrons. The van der Waals surface area contributed by atoms with Gasteiger partial charge in [0.1, 0.15) is 0 Å². The minimum Gasteiger partial charge on any atom is -0.381 e. The zero-order valence-electron chi connectivity index (χ0n) is 10.9. The van der Waals surface area contributed by atoms with E-state index in [1.165, 1.54) is 45.1 Å². The molecule has 1 saturated carbocycles. The molecule has 1 heterocycles. The Morgan fingerprint density at radius 3 is 2.44 bits per heavy atom. The Kier molecular flexibility index (Phi) is 4.26. The van der Waals surface area contributed by atoms with Gasteiger partial charge in [-0.1, -0.05) is 20.3 Å². The molecule has 0 unspecified atom stereocenters. The Bertz CT molecular complexity index is 205. The van der Waals surface area contributed by atoms with Crippen molar-refractivity contribution in [2.24, 2.45) is 11.3 Å². The second-order valence-corrected chi connectivity index (χ2v) is 6.22. The third-order valence-corrected chi connectivity index (χ3v) is 4.24. The van der Waals surface area contributed by atoms with Gasteiger partial charge in [-0.15, -0.1) is 0 Å². The lowest BCUT2D eigenvalue weighted by Gasteiger charge is -2.44. The Morgan fingerprint density at radius 2 is 1.94 bits per heavy atom. The van der Waals surface area contributed by atoms with Gasteiger partial charge in [-0.25, -0.2) is 0 Å². The van der Waals surface area contributed by atoms with Crippen molar-refractivity contribution in [3.63, 3.8) is 0 Å². The summed E-state index contributed by atoms with van der Waals surface area (Å²) in [6.45, 7) is 7.86. The highest BCUT2D eigenvalue weighted by Gasteiger charge is 2.37. The molecule has 0 aromatic rings. The van der Waals surface area contributed by atoms with Gasteiger partial charge in [0.25, 0.3) is 0 Å². The molecule has 2 rings (SSSR count). The molecule has 0 aromatic heterocycles. The quantitative estimate of drug-likeness (QED) is 0.776. The summed E-state index contributed by atoms with van der Waals surface area (Å²) in [5.74, 6) is 0.844. The molecule has 2 fully saturated rings. The maximum atomic E-state index is 5.40. The molecule has 2 nitrogen and oxygen atoms in total. The lowest BCUT2D eigenvalue weighted by atomic mass is 9.64. The monoisotopic (exact) mass is 225 g/mol. The van der Waals surface area contributed by atoms with Crippen molar-refractivity contribution >= 4 is 0 Å². The average molecular weight is 225 g/mol. The van der Waals surface area contributed by atoms with E-state index in [9.17, 15) is 0 Å². The summed E-state index contributed by atoms with van der Waals surface area (Å²) in [7, 11) is 0. The van der Waals surface area contributed by atoms with Crippen molar-refractivity contribution < 1.29 is 4.74 Å². The Hall–Kier alpha value is -0.0800. The number of nitrogens with one attached hydrogen (secondary N) is 1. The van der Waals surface area contributed by atoms with Gasteiger partial charge in [0, 0.05) is 25.8 Å². The van der Waals surface area contributed by atoms with Crippen LogP contribution in [-0.2, 0) is 4.74 Å². The van der Waals surface area contributed by atoms with Crippen molar-refractivity contribution in [2.45, 2.75) is 58.4 Å². The van der Waals surface area contributed by atoms with Crippen LogP contribution in [-0.4, -0.2) is 25.8 Å². The molecule has 1 aliphatic carbocycles. The molecule has 2 aliphatic rings. The van der Waals surface area contributed by atoms with Gasteiger partial charge in [0.05, 0.1) is 0 Å². The van der Waals surface area contributed by atoms with E-state index < -0.39 is 0 Å². The van der Waals surface area contributed by atoms with Crippen LogP contribution < -0.4 is 5.32 Å². The first kappa shape index (κ1) is 12.4. The Morgan fingerprint density at radius 1 is 1.25 bits per heavy atom. The summed E-state index contributed by atoms with van der Waals surface area (Å²) in [5.41, 5.74) is 0.645.